The van der Waals surface area contributed by atoms with Crippen molar-refractivity contribution < 1.29 is 9.84 Å². The average Bonchev–Trinajstić information content (AvgIpc) is 2.29. The van der Waals surface area contributed by atoms with Crippen LogP contribution in [0.15, 0.2) is 18.2 Å². The number of nitrogens with zero attached hydrogens (tertiary/aromatic N) is 1. The highest BCUT2D eigenvalue weighted by Crippen LogP contribution is 2.20. The molecule has 0 atom stereocenters. The molecule has 0 amide bonds. The lowest BCUT2D eigenvalue weighted by Gasteiger charge is -2.09. The number of aryl methyl sites for hydroxylation is 1. The lowest BCUT2D eigenvalue weighted by Crippen LogP contribution is -2.02. The summed E-state index contributed by atoms with van der Waals surface area (Å²) in [7, 11) is 0. The van der Waals surface area contributed by atoms with E-state index in [1.54, 1.807) is 6.07 Å². The number of nitriles is 1. The molecule has 0 radical (unpaired) electrons. The summed E-state index contributed by atoms with van der Waals surface area (Å²) in [6.45, 7) is 2.67. The Bertz CT molecular complexity index is 355. The van der Waals surface area contributed by atoms with E-state index in [2.05, 4.69) is 6.07 Å². The van der Waals surface area contributed by atoms with Crippen molar-refractivity contribution in [3.63, 3.8) is 0 Å². The predicted octanol–water partition coefficient (Wildman–Crippen LogP) is 1.88. The van der Waals surface area contributed by atoms with E-state index >= 15 is 0 Å². The van der Waals surface area contributed by atoms with Gasteiger partial charge >= 0.3 is 0 Å². The van der Waals surface area contributed by atoms with Gasteiger partial charge in [0.05, 0.1) is 18.2 Å². The second-order valence-corrected chi connectivity index (χ2v) is 3.21. The fraction of sp³-hybridized carbons (Fsp3) is 0.417. The van der Waals surface area contributed by atoms with Gasteiger partial charge < -0.3 is 9.84 Å². The summed E-state index contributed by atoms with van der Waals surface area (Å²) in [6.07, 6.45) is 1.47. The molecule has 1 aromatic rings. The topological polar surface area (TPSA) is 53.2 Å². The molecule has 0 aromatic heterocycles. The van der Waals surface area contributed by atoms with Crippen LogP contribution in [0.2, 0.25) is 0 Å². The minimum Gasteiger partial charge on any atom is -0.493 e. The Morgan fingerprint density at radius 1 is 1.47 bits per heavy atom. The first-order valence-corrected chi connectivity index (χ1v) is 5.08. The fourth-order valence-corrected chi connectivity index (χ4v) is 1.31. The van der Waals surface area contributed by atoms with E-state index in [9.17, 15) is 0 Å². The van der Waals surface area contributed by atoms with Crippen LogP contribution in [0.3, 0.4) is 0 Å². The normalized spacial score (nSPS) is 9.67. The van der Waals surface area contributed by atoms with Gasteiger partial charge in [-0.05, 0) is 30.2 Å². The number of hydrogen-bond donors (Lipinski definition) is 1. The van der Waals surface area contributed by atoms with E-state index < -0.39 is 0 Å². The third-order valence-electron chi connectivity index (χ3n) is 2.13. The van der Waals surface area contributed by atoms with E-state index in [1.807, 2.05) is 19.1 Å². The summed E-state index contributed by atoms with van der Waals surface area (Å²) in [6, 6.07) is 7.50. The van der Waals surface area contributed by atoms with Gasteiger partial charge in [-0.3, -0.25) is 0 Å². The van der Waals surface area contributed by atoms with Crippen molar-refractivity contribution in [2.45, 2.75) is 19.8 Å². The monoisotopic (exact) mass is 205 g/mol. The van der Waals surface area contributed by atoms with Crippen molar-refractivity contribution in [1.82, 2.24) is 0 Å². The van der Waals surface area contributed by atoms with E-state index in [4.69, 9.17) is 15.1 Å². The Labute approximate surface area is 89.9 Å². The van der Waals surface area contributed by atoms with Gasteiger partial charge in [-0.2, -0.15) is 5.26 Å². The molecule has 0 spiro atoms. The van der Waals surface area contributed by atoms with Crippen LogP contribution in [0.1, 0.15) is 24.5 Å². The molecule has 0 saturated heterocycles. The predicted molar refractivity (Wildman–Crippen MR) is 57.7 cm³/mol. The van der Waals surface area contributed by atoms with Crippen LogP contribution in [-0.4, -0.2) is 18.3 Å². The lowest BCUT2D eigenvalue weighted by molar-refractivity contribution is 0.232. The Kier molecular flexibility index (Phi) is 4.65. The summed E-state index contributed by atoms with van der Waals surface area (Å²) >= 11 is 0. The van der Waals surface area contributed by atoms with Gasteiger partial charge in [-0.1, -0.05) is 6.92 Å². The van der Waals surface area contributed by atoms with Gasteiger partial charge in [0, 0.05) is 13.0 Å². The molecule has 3 nitrogen and oxygen atoms in total. The maximum absolute atomic E-state index is 8.74. The standard InChI is InChI=1S/C12H15NO2/c1-2-11-8-10(9-13)4-5-12(11)15-7-3-6-14/h4-5,8,14H,2-3,6-7H2,1H3. The quantitative estimate of drug-likeness (QED) is 0.747. The summed E-state index contributed by atoms with van der Waals surface area (Å²) in [4.78, 5) is 0. The lowest BCUT2D eigenvalue weighted by atomic mass is 10.1. The van der Waals surface area contributed by atoms with Crippen molar-refractivity contribution >= 4 is 0 Å². The van der Waals surface area contributed by atoms with Crippen LogP contribution in [0.25, 0.3) is 0 Å². The van der Waals surface area contributed by atoms with Gasteiger partial charge in [0.15, 0.2) is 0 Å². The van der Waals surface area contributed by atoms with Crippen LogP contribution in [0.4, 0.5) is 0 Å². The van der Waals surface area contributed by atoms with Gasteiger partial charge in [0.1, 0.15) is 5.75 Å². The molecular weight excluding hydrogens is 190 g/mol. The Morgan fingerprint density at radius 3 is 2.87 bits per heavy atom. The van der Waals surface area contributed by atoms with Gasteiger partial charge in [-0.15, -0.1) is 0 Å². The number of benzene rings is 1. The Morgan fingerprint density at radius 2 is 2.27 bits per heavy atom. The van der Waals surface area contributed by atoms with Crippen LogP contribution in [0.5, 0.6) is 5.75 Å². The molecule has 1 aromatic carbocycles. The van der Waals surface area contributed by atoms with Crippen molar-refractivity contribution in [3.8, 4) is 11.8 Å². The number of ether oxygens (including phenoxy) is 1. The maximum Gasteiger partial charge on any atom is 0.122 e. The highest BCUT2D eigenvalue weighted by molar-refractivity contribution is 5.42. The molecule has 0 saturated carbocycles. The molecule has 15 heavy (non-hydrogen) atoms. The van der Waals surface area contributed by atoms with Crippen molar-refractivity contribution in [3.05, 3.63) is 29.3 Å². The zero-order valence-electron chi connectivity index (χ0n) is 8.86. The zero-order valence-corrected chi connectivity index (χ0v) is 8.86. The second-order valence-electron chi connectivity index (χ2n) is 3.21. The maximum atomic E-state index is 8.74. The molecular formula is C12H15NO2. The number of rotatable bonds is 5. The first-order chi connectivity index (χ1) is 7.31. The molecule has 0 bridgehead atoms. The molecule has 1 N–H and O–H groups in total. The summed E-state index contributed by atoms with van der Waals surface area (Å²) in [5, 5.41) is 17.4. The van der Waals surface area contributed by atoms with Crippen molar-refractivity contribution in [1.29, 1.82) is 5.26 Å². The minimum absolute atomic E-state index is 0.137. The Hall–Kier alpha value is -1.53. The molecule has 0 aliphatic rings. The Balaban J connectivity index is 2.75. The van der Waals surface area contributed by atoms with Gasteiger partial charge in [0.25, 0.3) is 0 Å². The third kappa shape index (κ3) is 3.26. The van der Waals surface area contributed by atoms with Gasteiger partial charge in [0.2, 0.25) is 0 Å². The van der Waals surface area contributed by atoms with Crippen LogP contribution < -0.4 is 4.74 Å². The number of aliphatic hydroxyl groups is 1. The molecule has 3 heteroatoms. The van der Waals surface area contributed by atoms with Gasteiger partial charge in [-0.25, -0.2) is 0 Å². The molecule has 0 unspecified atom stereocenters. The summed E-state index contributed by atoms with van der Waals surface area (Å²) in [5.74, 6) is 0.810. The smallest absolute Gasteiger partial charge is 0.122 e. The fourth-order valence-electron chi connectivity index (χ4n) is 1.31. The van der Waals surface area contributed by atoms with Crippen LogP contribution in [-0.2, 0) is 6.42 Å². The highest BCUT2D eigenvalue weighted by atomic mass is 16.5. The average molecular weight is 205 g/mol. The molecule has 1 rings (SSSR count). The third-order valence-corrected chi connectivity index (χ3v) is 2.13. The van der Waals surface area contributed by atoms with Crippen molar-refractivity contribution in [2.75, 3.05) is 13.2 Å². The SMILES string of the molecule is CCc1cc(C#N)ccc1OCCCO. The largest absolute Gasteiger partial charge is 0.493 e. The zero-order chi connectivity index (χ0) is 11.1. The molecule has 0 aliphatic heterocycles. The summed E-state index contributed by atoms with van der Waals surface area (Å²) in [5.41, 5.74) is 1.69. The molecule has 0 heterocycles. The van der Waals surface area contributed by atoms with E-state index in [-0.39, 0.29) is 6.61 Å². The molecule has 0 fully saturated rings. The van der Waals surface area contributed by atoms with E-state index in [1.165, 1.54) is 0 Å². The first kappa shape index (κ1) is 11.5. The second kappa shape index (κ2) is 6.05. The number of aliphatic hydroxyl groups excluding tert-OH is 1. The molecule has 0 aliphatic carbocycles. The van der Waals surface area contributed by atoms with E-state index in [0.717, 1.165) is 17.7 Å². The first-order valence-electron chi connectivity index (χ1n) is 5.08. The van der Waals surface area contributed by atoms with Crippen molar-refractivity contribution in [2.24, 2.45) is 0 Å². The molecule has 80 valence electrons. The number of hydrogen-bond acceptors (Lipinski definition) is 3. The van der Waals surface area contributed by atoms with Crippen LogP contribution in [0, 0.1) is 11.3 Å². The van der Waals surface area contributed by atoms with E-state index in [0.29, 0.717) is 18.6 Å². The highest BCUT2D eigenvalue weighted by Gasteiger charge is 2.03. The van der Waals surface area contributed by atoms with Crippen LogP contribution >= 0.6 is 0 Å². The minimum atomic E-state index is 0.137. The summed E-state index contributed by atoms with van der Waals surface area (Å²) < 4.78 is 5.50.